The quantitative estimate of drug-likeness (QED) is 0.498. The van der Waals surface area contributed by atoms with Crippen LogP contribution in [0.15, 0.2) is 0 Å². The summed E-state index contributed by atoms with van der Waals surface area (Å²) >= 11 is 0. The second-order valence-corrected chi connectivity index (χ2v) is 1.85. The summed E-state index contributed by atoms with van der Waals surface area (Å²) in [4.78, 5) is 0. The molecular weight excluding hydrogens is 99.0 g/mol. The Bertz CT molecular complexity index is 64.6. The second-order valence-electron chi connectivity index (χ2n) is 1.85. The number of rotatable bonds is 1. The average molecular weight is 106 g/mol. The van der Waals surface area contributed by atoms with E-state index in [9.17, 15) is 4.39 Å². The van der Waals surface area contributed by atoms with Crippen LogP contribution in [0.25, 0.3) is 0 Å². The molecule has 1 aliphatic rings. The van der Waals surface area contributed by atoms with Gasteiger partial charge in [0.1, 0.15) is 12.3 Å². The standard InChI is InChI=1S/C4H7FO2/c5-1-4(6)2-7-3-4/h6H,1-3H2. The predicted octanol–water partition coefficient (Wildman–Crippen LogP) is -0.283. The fraction of sp³-hybridized carbons (Fsp3) is 1.00. The van der Waals surface area contributed by atoms with Crippen molar-refractivity contribution >= 4 is 0 Å². The molecule has 0 amide bonds. The van der Waals surface area contributed by atoms with Crippen LogP contribution in [0.1, 0.15) is 0 Å². The van der Waals surface area contributed by atoms with Gasteiger partial charge in [-0.2, -0.15) is 0 Å². The van der Waals surface area contributed by atoms with Gasteiger partial charge in [0.15, 0.2) is 0 Å². The topological polar surface area (TPSA) is 29.5 Å². The van der Waals surface area contributed by atoms with Gasteiger partial charge in [-0.1, -0.05) is 0 Å². The minimum absolute atomic E-state index is 0.156. The van der Waals surface area contributed by atoms with Crippen LogP contribution in [-0.2, 0) is 4.74 Å². The maximum absolute atomic E-state index is 11.5. The van der Waals surface area contributed by atoms with E-state index in [0.29, 0.717) is 0 Å². The molecule has 2 nitrogen and oxygen atoms in total. The summed E-state index contributed by atoms with van der Waals surface area (Å²) in [5.74, 6) is 0. The molecule has 1 fully saturated rings. The van der Waals surface area contributed by atoms with Crippen LogP contribution >= 0.6 is 0 Å². The molecule has 7 heavy (non-hydrogen) atoms. The van der Waals surface area contributed by atoms with Gasteiger partial charge in [0, 0.05) is 0 Å². The Morgan fingerprint density at radius 2 is 2.29 bits per heavy atom. The van der Waals surface area contributed by atoms with Crippen molar-refractivity contribution in [2.24, 2.45) is 0 Å². The van der Waals surface area contributed by atoms with E-state index in [1.54, 1.807) is 0 Å². The van der Waals surface area contributed by atoms with E-state index in [2.05, 4.69) is 4.74 Å². The minimum Gasteiger partial charge on any atom is -0.382 e. The van der Waals surface area contributed by atoms with Crippen LogP contribution in [0.3, 0.4) is 0 Å². The van der Waals surface area contributed by atoms with Gasteiger partial charge in [0.2, 0.25) is 0 Å². The zero-order chi connectivity index (χ0) is 5.33. The molecule has 3 heteroatoms. The molecule has 1 saturated heterocycles. The molecule has 0 bridgehead atoms. The Morgan fingerprint density at radius 3 is 2.29 bits per heavy atom. The zero-order valence-corrected chi connectivity index (χ0v) is 3.85. The first-order valence-corrected chi connectivity index (χ1v) is 2.13. The van der Waals surface area contributed by atoms with Crippen molar-refractivity contribution in [2.45, 2.75) is 5.60 Å². The third kappa shape index (κ3) is 0.737. The summed E-state index contributed by atoms with van der Waals surface area (Å²) in [6.45, 7) is -0.375. The molecule has 0 atom stereocenters. The molecule has 0 aromatic carbocycles. The summed E-state index contributed by atoms with van der Waals surface area (Å²) in [7, 11) is 0. The van der Waals surface area contributed by atoms with E-state index in [4.69, 9.17) is 5.11 Å². The highest BCUT2D eigenvalue weighted by Gasteiger charge is 2.35. The van der Waals surface area contributed by atoms with Crippen molar-refractivity contribution in [1.29, 1.82) is 0 Å². The molecule has 0 unspecified atom stereocenters. The van der Waals surface area contributed by atoms with E-state index in [0.717, 1.165) is 0 Å². The van der Waals surface area contributed by atoms with Gasteiger partial charge in [0.05, 0.1) is 13.2 Å². The fourth-order valence-corrected chi connectivity index (χ4v) is 0.415. The van der Waals surface area contributed by atoms with Crippen molar-refractivity contribution in [1.82, 2.24) is 0 Å². The first kappa shape index (κ1) is 5.00. The van der Waals surface area contributed by atoms with Gasteiger partial charge in [-0.15, -0.1) is 0 Å². The maximum atomic E-state index is 11.5. The van der Waals surface area contributed by atoms with Crippen molar-refractivity contribution in [2.75, 3.05) is 19.9 Å². The monoisotopic (exact) mass is 106 g/mol. The van der Waals surface area contributed by atoms with Gasteiger partial charge in [-0.05, 0) is 0 Å². The molecule has 0 saturated carbocycles. The highest BCUT2D eigenvalue weighted by atomic mass is 19.1. The first-order chi connectivity index (χ1) is 3.27. The number of alkyl halides is 1. The van der Waals surface area contributed by atoms with Crippen LogP contribution in [-0.4, -0.2) is 30.6 Å². The highest BCUT2D eigenvalue weighted by molar-refractivity contribution is 4.83. The summed E-state index contributed by atoms with van der Waals surface area (Å²) in [6, 6.07) is 0. The summed E-state index contributed by atoms with van der Waals surface area (Å²) < 4.78 is 16.0. The zero-order valence-electron chi connectivity index (χ0n) is 3.85. The normalized spacial score (nSPS) is 26.6. The molecule has 0 radical (unpaired) electrons. The third-order valence-electron chi connectivity index (χ3n) is 0.990. The minimum atomic E-state index is -1.12. The van der Waals surface area contributed by atoms with Crippen molar-refractivity contribution in [3.8, 4) is 0 Å². The lowest BCUT2D eigenvalue weighted by Gasteiger charge is -2.33. The van der Waals surface area contributed by atoms with E-state index in [-0.39, 0.29) is 13.2 Å². The van der Waals surface area contributed by atoms with Crippen molar-refractivity contribution in [3.63, 3.8) is 0 Å². The lowest BCUT2D eigenvalue weighted by molar-refractivity contribution is -0.185. The smallest absolute Gasteiger partial charge is 0.139 e. The molecule has 0 aromatic heterocycles. The van der Waals surface area contributed by atoms with E-state index >= 15 is 0 Å². The van der Waals surface area contributed by atoms with Crippen LogP contribution in [0, 0.1) is 0 Å². The summed E-state index contributed by atoms with van der Waals surface area (Å²) in [6.07, 6.45) is 0. The average Bonchev–Trinajstić information content (AvgIpc) is 1.61. The van der Waals surface area contributed by atoms with Gasteiger partial charge >= 0.3 is 0 Å². The highest BCUT2D eigenvalue weighted by Crippen LogP contribution is 2.15. The lowest BCUT2D eigenvalue weighted by Crippen LogP contribution is -2.51. The number of aliphatic hydroxyl groups is 1. The van der Waals surface area contributed by atoms with Crippen molar-refractivity contribution < 1.29 is 14.2 Å². The van der Waals surface area contributed by atoms with Crippen LogP contribution < -0.4 is 0 Å². The molecule has 1 N–H and O–H groups in total. The third-order valence-corrected chi connectivity index (χ3v) is 0.990. The van der Waals surface area contributed by atoms with Gasteiger partial charge in [-0.3, -0.25) is 0 Å². The SMILES string of the molecule is OC1(CF)COC1. The Kier molecular flexibility index (Phi) is 1.01. The summed E-state index contributed by atoms with van der Waals surface area (Å²) in [5.41, 5.74) is -1.12. The van der Waals surface area contributed by atoms with Gasteiger partial charge in [0.25, 0.3) is 0 Å². The number of ether oxygens (including phenoxy) is 1. The Hall–Kier alpha value is -0.150. The van der Waals surface area contributed by atoms with Gasteiger partial charge < -0.3 is 9.84 Å². The molecule has 1 aliphatic heterocycles. The fourth-order valence-electron chi connectivity index (χ4n) is 0.415. The molecule has 1 heterocycles. The van der Waals surface area contributed by atoms with E-state index in [1.165, 1.54) is 0 Å². The first-order valence-electron chi connectivity index (χ1n) is 2.13. The van der Waals surface area contributed by atoms with Crippen molar-refractivity contribution in [3.05, 3.63) is 0 Å². The molecule has 0 spiro atoms. The van der Waals surface area contributed by atoms with E-state index < -0.39 is 12.3 Å². The lowest BCUT2D eigenvalue weighted by atomic mass is 10.1. The molecule has 1 rings (SSSR count). The van der Waals surface area contributed by atoms with Crippen LogP contribution in [0.5, 0.6) is 0 Å². The maximum Gasteiger partial charge on any atom is 0.139 e. The van der Waals surface area contributed by atoms with Crippen LogP contribution in [0.2, 0.25) is 0 Å². The largest absolute Gasteiger partial charge is 0.382 e. The van der Waals surface area contributed by atoms with Gasteiger partial charge in [-0.25, -0.2) is 4.39 Å². The summed E-state index contributed by atoms with van der Waals surface area (Å²) in [5, 5.41) is 8.72. The number of hydrogen-bond donors (Lipinski definition) is 1. The number of halogens is 1. The molecular formula is C4H7FO2. The molecule has 0 aliphatic carbocycles. The predicted molar refractivity (Wildman–Crippen MR) is 21.7 cm³/mol. The molecule has 0 aromatic rings. The Morgan fingerprint density at radius 1 is 1.71 bits per heavy atom. The molecule has 42 valence electrons. The Balaban J connectivity index is 2.29. The second kappa shape index (κ2) is 1.42. The number of hydrogen-bond acceptors (Lipinski definition) is 2. The Labute approximate surface area is 40.9 Å². The van der Waals surface area contributed by atoms with Crippen LogP contribution in [0.4, 0.5) is 4.39 Å². The van der Waals surface area contributed by atoms with E-state index in [1.807, 2.05) is 0 Å².